The van der Waals surface area contributed by atoms with Crippen LogP contribution in [0.3, 0.4) is 0 Å². The molecule has 32 heavy (non-hydrogen) atoms. The normalized spacial score (nSPS) is 17.0. The van der Waals surface area contributed by atoms with E-state index in [-0.39, 0.29) is 5.97 Å². The monoisotopic (exact) mass is 431 g/mol. The van der Waals surface area contributed by atoms with Crippen molar-refractivity contribution in [3.8, 4) is 11.5 Å². The lowest BCUT2D eigenvalue weighted by Crippen LogP contribution is -2.31. The summed E-state index contributed by atoms with van der Waals surface area (Å²) < 4.78 is 18.1. The van der Waals surface area contributed by atoms with Gasteiger partial charge in [0.1, 0.15) is 11.5 Å². The summed E-state index contributed by atoms with van der Waals surface area (Å²) in [4.78, 5) is 15.1. The Labute approximate surface area is 189 Å². The highest BCUT2D eigenvalue weighted by Crippen LogP contribution is 2.53. The van der Waals surface area contributed by atoms with Crippen molar-refractivity contribution in [2.75, 3.05) is 33.2 Å². The van der Waals surface area contributed by atoms with Gasteiger partial charge in [-0.05, 0) is 61.7 Å². The largest absolute Gasteiger partial charge is 0.496 e. The van der Waals surface area contributed by atoms with E-state index < -0.39 is 5.60 Å². The minimum Gasteiger partial charge on any atom is -0.496 e. The molecule has 166 valence electrons. The van der Waals surface area contributed by atoms with Gasteiger partial charge in [-0.3, -0.25) is 0 Å². The van der Waals surface area contributed by atoms with Crippen molar-refractivity contribution in [1.82, 2.24) is 0 Å². The van der Waals surface area contributed by atoms with Crippen LogP contribution in [0.1, 0.15) is 43.7 Å². The first-order valence-corrected chi connectivity index (χ1v) is 10.6. The van der Waals surface area contributed by atoms with Gasteiger partial charge in [-0.25, -0.2) is 4.79 Å². The average molecular weight is 432 g/mol. The summed E-state index contributed by atoms with van der Waals surface area (Å²) in [7, 11) is 7.25. The highest BCUT2D eigenvalue weighted by molar-refractivity contribution is 5.96. The Hall–Kier alpha value is -3.47. The molecule has 1 atom stereocenters. The fraction of sp³-hybridized carbons (Fsp3) is 0.296. The highest BCUT2D eigenvalue weighted by Gasteiger charge is 2.52. The molecule has 0 bridgehead atoms. The molecule has 0 spiro atoms. The molecule has 4 rings (SSSR count). The van der Waals surface area contributed by atoms with E-state index in [0.717, 1.165) is 39.1 Å². The Balaban J connectivity index is 2.16. The standard InChI is InChI=1S/C27H29NO4/c1-16-14-23(25(31-7)18(3)17(16)2)27(21-11-9-8-10-20(21)26(29)32-27)22-13-12-19(28(4)5)15-24(22)30-6/h8-15H,1-7H3. The molecule has 0 aromatic heterocycles. The van der Waals surface area contributed by atoms with E-state index in [1.54, 1.807) is 20.3 Å². The third kappa shape index (κ3) is 3.03. The smallest absolute Gasteiger partial charge is 0.340 e. The maximum Gasteiger partial charge on any atom is 0.340 e. The minimum absolute atomic E-state index is 0.364. The summed E-state index contributed by atoms with van der Waals surface area (Å²) in [5, 5.41) is 0. The van der Waals surface area contributed by atoms with Gasteiger partial charge >= 0.3 is 5.97 Å². The topological polar surface area (TPSA) is 48.0 Å². The summed E-state index contributed by atoms with van der Waals surface area (Å²) in [5.41, 5.74) is 5.92. The van der Waals surface area contributed by atoms with E-state index in [1.807, 2.05) is 62.3 Å². The minimum atomic E-state index is -1.20. The summed E-state index contributed by atoms with van der Waals surface area (Å²) in [5.74, 6) is 0.979. The van der Waals surface area contributed by atoms with Gasteiger partial charge in [0.2, 0.25) is 0 Å². The molecule has 3 aromatic carbocycles. The number of carbonyl (C=O) groups excluding carboxylic acids is 1. The lowest BCUT2D eigenvalue weighted by atomic mass is 9.77. The molecule has 3 aromatic rings. The van der Waals surface area contributed by atoms with Crippen molar-refractivity contribution in [3.05, 3.63) is 87.5 Å². The maximum absolute atomic E-state index is 13.1. The number of ether oxygens (including phenoxy) is 3. The van der Waals surface area contributed by atoms with Crippen LogP contribution < -0.4 is 14.4 Å². The molecule has 0 amide bonds. The number of hydrogen-bond donors (Lipinski definition) is 0. The number of nitrogens with zero attached hydrogens (tertiary/aromatic N) is 1. The number of fused-ring (bicyclic) bond motifs is 1. The van der Waals surface area contributed by atoms with Gasteiger partial charge in [0.05, 0.1) is 19.8 Å². The number of anilines is 1. The number of carbonyl (C=O) groups is 1. The van der Waals surface area contributed by atoms with Gasteiger partial charge < -0.3 is 19.1 Å². The molecular weight excluding hydrogens is 402 g/mol. The Morgan fingerprint density at radius 1 is 0.844 bits per heavy atom. The zero-order chi connectivity index (χ0) is 23.2. The number of methoxy groups -OCH3 is 2. The number of aryl methyl sites for hydroxylation is 1. The van der Waals surface area contributed by atoms with Gasteiger partial charge in [0.25, 0.3) is 0 Å². The third-order valence-electron chi connectivity index (χ3n) is 6.54. The highest BCUT2D eigenvalue weighted by atomic mass is 16.6. The quantitative estimate of drug-likeness (QED) is 0.523. The van der Waals surface area contributed by atoms with Crippen LogP contribution in [0.2, 0.25) is 0 Å². The van der Waals surface area contributed by atoms with Crippen LogP contribution in [0.4, 0.5) is 5.69 Å². The fourth-order valence-electron chi connectivity index (χ4n) is 4.59. The van der Waals surface area contributed by atoms with Gasteiger partial charge in [-0.1, -0.05) is 18.2 Å². The van der Waals surface area contributed by atoms with E-state index in [2.05, 4.69) is 19.9 Å². The zero-order valence-corrected chi connectivity index (χ0v) is 19.7. The van der Waals surface area contributed by atoms with Gasteiger partial charge in [0.15, 0.2) is 5.60 Å². The molecule has 5 nitrogen and oxygen atoms in total. The third-order valence-corrected chi connectivity index (χ3v) is 6.54. The SMILES string of the molecule is COc1cc(N(C)C)ccc1C1(c2cc(C)c(C)c(C)c2OC)OC(=O)c2ccccc21. The van der Waals surface area contributed by atoms with Crippen LogP contribution in [-0.2, 0) is 10.3 Å². The Kier molecular flexibility index (Phi) is 5.37. The molecule has 0 aliphatic carbocycles. The van der Waals surface area contributed by atoms with Crippen molar-refractivity contribution in [1.29, 1.82) is 0 Å². The Morgan fingerprint density at radius 3 is 2.22 bits per heavy atom. The van der Waals surface area contributed by atoms with Crippen LogP contribution in [0.5, 0.6) is 11.5 Å². The summed E-state index contributed by atoms with van der Waals surface area (Å²) >= 11 is 0. The molecule has 5 heteroatoms. The second kappa shape index (κ2) is 7.90. The lowest BCUT2D eigenvalue weighted by Gasteiger charge is -2.34. The summed E-state index contributed by atoms with van der Waals surface area (Å²) in [6.07, 6.45) is 0. The molecular formula is C27H29NO4. The predicted molar refractivity (Wildman–Crippen MR) is 126 cm³/mol. The second-order valence-corrected chi connectivity index (χ2v) is 8.42. The van der Waals surface area contributed by atoms with E-state index in [0.29, 0.717) is 17.1 Å². The molecule has 0 fully saturated rings. The Bertz CT molecular complexity index is 1210. The van der Waals surface area contributed by atoms with Crippen molar-refractivity contribution < 1.29 is 19.0 Å². The number of hydrogen-bond acceptors (Lipinski definition) is 5. The first kappa shape index (κ1) is 21.8. The van der Waals surface area contributed by atoms with E-state index >= 15 is 0 Å². The van der Waals surface area contributed by atoms with E-state index in [9.17, 15) is 4.79 Å². The fourth-order valence-corrected chi connectivity index (χ4v) is 4.59. The van der Waals surface area contributed by atoms with E-state index in [4.69, 9.17) is 14.2 Å². The van der Waals surface area contributed by atoms with Crippen LogP contribution >= 0.6 is 0 Å². The van der Waals surface area contributed by atoms with Gasteiger partial charge in [-0.2, -0.15) is 0 Å². The number of benzene rings is 3. The van der Waals surface area contributed by atoms with Crippen molar-refractivity contribution in [2.24, 2.45) is 0 Å². The predicted octanol–water partition coefficient (Wildman–Crippen LogP) is 5.16. The average Bonchev–Trinajstić information content (AvgIpc) is 3.10. The second-order valence-electron chi connectivity index (χ2n) is 8.42. The molecule has 1 heterocycles. The molecule has 0 saturated heterocycles. The number of rotatable bonds is 5. The lowest BCUT2D eigenvalue weighted by molar-refractivity contribution is 0.0238. The van der Waals surface area contributed by atoms with Crippen LogP contribution in [-0.4, -0.2) is 34.3 Å². The first-order valence-electron chi connectivity index (χ1n) is 10.6. The molecule has 0 saturated carbocycles. The van der Waals surface area contributed by atoms with E-state index in [1.165, 1.54) is 0 Å². The molecule has 0 N–H and O–H groups in total. The van der Waals surface area contributed by atoms with Crippen molar-refractivity contribution in [2.45, 2.75) is 26.4 Å². The Morgan fingerprint density at radius 2 is 1.56 bits per heavy atom. The maximum atomic E-state index is 13.1. The summed E-state index contributed by atoms with van der Waals surface area (Å²) in [6.45, 7) is 6.17. The molecule has 1 aliphatic heterocycles. The molecule has 1 unspecified atom stereocenters. The summed E-state index contributed by atoms with van der Waals surface area (Å²) in [6, 6.07) is 15.6. The molecule has 1 aliphatic rings. The first-order chi connectivity index (χ1) is 15.3. The van der Waals surface area contributed by atoms with Crippen LogP contribution in [0, 0.1) is 20.8 Å². The van der Waals surface area contributed by atoms with Crippen molar-refractivity contribution >= 4 is 11.7 Å². The van der Waals surface area contributed by atoms with Gasteiger partial charge in [0, 0.05) is 42.5 Å². The van der Waals surface area contributed by atoms with Crippen LogP contribution in [0.15, 0.2) is 48.5 Å². The molecule has 0 radical (unpaired) electrons. The number of esters is 1. The van der Waals surface area contributed by atoms with Gasteiger partial charge in [-0.15, -0.1) is 0 Å². The number of cyclic esters (lactones) is 1. The zero-order valence-electron chi connectivity index (χ0n) is 19.7. The van der Waals surface area contributed by atoms with Crippen LogP contribution in [0.25, 0.3) is 0 Å². The van der Waals surface area contributed by atoms with Crippen molar-refractivity contribution in [3.63, 3.8) is 0 Å².